The zero-order valence-corrected chi connectivity index (χ0v) is 13.0. The minimum absolute atomic E-state index is 0.306. The van der Waals surface area contributed by atoms with Crippen molar-refractivity contribution in [3.05, 3.63) is 35.4 Å². The van der Waals surface area contributed by atoms with E-state index in [-0.39, 0.29) is 0 Å². The highest BCUT2D eigenvalue weighted by atomic mass is 32.2. The second-order valence-electron chi connectivity index (χ2n) is 5.10. The van der Waals surface area contributed by atoms with Crippen LogP contribution in [0.3, 0.4) is 0 Å². The molecule has 126 valence electrons. The van der Waals surface area contributed by atoms with Gasteiger partial charge in [0.1, 0.15) is 0 Å². The van der Waals surface area contributed by atoms with Crippen molar-refractivity contribution in [3.63, 3.8) is 0 Å². The molecule has 1 aromatic carbocycles. The van der Waals surface area contributed by atoms with Crippen molar-refractivity contribution in [2.45, 2.75) is 6.18 Å². The summed E-state index contributed by atoms with van der Waals surface area (Å²) in [5, 5.41) is 5.05. The third-order valence-electron chi connectivity index (χ3n) is 3.44. The van der Waals surface area contributed by atoms with Gasteiger partial charge in [-0.1, -0.05) is 11.8 Å². The predicted molar refractivity (Wildman–Crippen MR) is 79.4 cm³/mol. The molecule has 0 radical (unpaired) electrons. The van der Waals surface area contributed by atoms with E-state index < -0.39 is 21.9 Å². The van der Waals surface area contributed by atoms with E-state index in [1.54, 1.807) is 0 Å². The van der Waals surface area contributed by atoms with Gasteiger partial charge in [-0.25, -0.2) is 5.14 Å². The van der Waals surface area contributed by atoms with Gasteiger partial charge >= 0.3 is 6.18 Å². The highest BCUT2D eigenvalue weighted by Gasteiger charge is 2.29. The molecular weight excluding hydrogens is 331 g/mol. The lowest BCUT2D eigenvalue weighted by Crippen LogP contribution is -2.50. The van der Waals surface area contributed by atoms with Gasteiger partial charge in [-0.3, -0.25) is 4.90 Å². The molecule has 1 aliphatic heterocycles. The van der Waals surface area contributed by atoms with E-state index in [0.717, 1.165) is 12.1 Å². The van der Waals surface area contributed by atoms with Crippen molar-refractivity contribution in [2.75, 3.05) is 32.7 Å². The van der Waals surface area contributed by atoms with Crippen LogP contribution in [0.4, 0.5) is 13.2 Å². The number of alkyl halides is 3. The van der Waals surface area contributed by atoms with Crippen molar-refractivity contribution >= 4 is 10.2 Å². The van der Waals surface area contributed by atoms with Gasteiger partial charge < -0.3 is 0 Å². The Balaban J connectivity index is 1.87. The van der Waals surface area contributed by atoms with Gasteiger partial charge in [0.25, 0.3) is 10.2 Å². The van der Waals surface area contributed by atoms with Crippen molar-refractivity contribution in [1.82, 2.24) is 9.21 Å². The van der Waals surface area contributed by atoms with E-state index in [9.17, 15) is 21.6 Å². The van der Waals surface area contributed by atoms with Crippen molar-refractivity contribution in [3.8, 4) is 11.8 Å². The van der Waals surface area contributed by atoms with Crippen molar-refractivity contribution in [1.29, 1.82) is 0 Å². The molecule has 0 unspecified atom stereocenters. The van der Waals surface area contributed by atoms with Crippen LogP contribution < -0.4 is 5.14 Å². The molecule has 1 saturated heterocycles. The second kappa shape index (κ2) is 6.88. The zero-order chi connectivity index (χ0) is 17.1. The number of halogens is 3. The lowest BCUT2D eigenvalue weighted by Gasteiger charge is -2.31. The second-order valence-corrected chi connectivity index (χ2v) is 6.64. The molecule has 0 aromatic heterocycles. The van der Waals surface area contributed by atoms with Gasteiger partial charge in [-0.15, -0.1) is 0 Å². The Hall–Kier alpha value is -1.60. The third-order valence-corrected chi connectivity index (χ3v) is 4.52. The average molecular weight is 347 g/mol. The molecule has 2 rings (SSSR count). The van der Waals surface area contributed by atoms with E-state index in [2.05, 4.69) is 11.8 Å². The van der Waals surface area contributed by atoms with Crippen LogP contribution in [-0.2, 0) is 16.4 Å². The highest BCUT2D eigenvalue weighted by molar-refractivity contribution is 7.86. The summed E-state index contributed by atoms with van der Waals surface area (Å²) in [6.45, 7) is 2.05. The Kier molecular flexibility index (Phi) is 5.31. The molecule has 9 heteroatoms. The van der Waals surface area contributed by atoms with E-state index in [4.69, 9.17) is 5.14 Å². The first-order valence-electron chi connectivity index (χ1n) is 6.82. The fourth-order valence-corrected chi connectivity index (χ4v) is 2.81. The summed E-state index contributed by atoms with van der Waals surface area (Å²) < 4.78 is 60.8. The Bertz CT molecular complexity index is 698. The quantitative estimate of drug-likeness (QED) is 0.808. The van der Waals surface area contributed by atoms with Crippen molar-refractivity contribution < 1.29 is 21.6 Å². The number of rotatable bonds is 2. The Morgan fingerprint density at radius 1 is 1.09 bits per heavy atom. The van der Waals surface area contributed by atoms with Crippen LogP contribution >= 0.6 is 0 Å². The molecule has 0 saturated carbocycles. The van der Waals surface area contributed by atoms with Crippen LogP contribution in [0.1, 0.15) is 11.1 Å². The van der Waals surface area contributed by atoms with Crippen LogP contribution in [0.2, 0.25) is 0 Å². The summed E-state index contributed by atoms with van der Waals surface area (Å²) in [7, 11) is -3.65. The maximum atomic E-state index is 12.4. The molecule has 1 fully saturated rings. The molecule has 0 amide bonds. The molecular formula is C14H16F3N3O2S. The first kappa shape index (κ1) is 17.7. The first-order chi connectivity index (χ1) is 10.7. The van der Waals surface area contributed by atoms with Crippen molar-refractivity contribution in [2.24, 2.45) is 5.14 Å². The third kappa shape index (κ3) is 5.21. The summed E-state index contributed by atoms with van der Waals surface area (Å²) in [6.07, 6.45) is -4.35. The highest BCUT2D eigenvalue weighted by Crippen LogP contribution is 2.28. The number of benzene rings is 1. The maximum absolute atomic E-state index is 12.4. The lowest BCUT2D eigenvalue weighted by atomic mass is 10.1. The van der Waals surface area contributed by atoms with Crippen LogP contribution in [0.15, 0.2) is 24.3 Å². The fourth-order valence-electron chi connectivity index (χ4n) is 2.14. The smallest absolute Gasteiger partial charge is 0.290 e. The van der Waals surface area contributed by atoms with Gasteiger partial charge in [0.15, 0.2) is 0 Å². The summed E-state index contributed by atoms with van der Waals surface area (Å²) >= 11 is 0. The number of hydrogen-bond donors (Lipinski definition) is 1. The summed E-state index contributed by atoms with van der Waals surface area (Å²) in [4.78, 5) is 1.96. The molecule has 0 spiro atoms. The van der Waals surface area contributed by atoms with Crippen LogP contribution in [0.5, 0.6) is 0 Å². The first-order valence-corrected chi connectivity index (χ1v) is 8.33. The lowest BCUT2D eigenvalue weighted by molar-refractivity contribution is -0.137. The molecule has 0 atom stereocenters. The Morgan fingerprint density at radius 2 is 1.65 bits per heavy atom. The van der Waals surface area contributed by atoms with E-state index in [1.165, 1.54) is 16.4 Å². The van der Waals surface area contributed by atoms with E-state index >= 15 is 0 Å². The van der Waals surface area contributed by atoms with Crippen LogP contribution in [0.25, 0.3) is 0 Å². The number of nitrogens with two attached hydrogens (primary N) is 1. The standard InChI is InChI=1S/C14H16F3N3O2S/c15-14(16,17)13-5-3-12(4-6-13)2-1-7-19-8-10-20(11-9-19)23(18,21)22/h3-6H,7-11H2,(H2,18,21,22). The molecule has 23 heavy (non-hydrogen) atoms. The zero-order valence-electron chi connectivity index (χ0n) is 12.2. The normalized spacial score (nSPS) is 17.6. The Labute approximate surface area is 133 Å². The summed E-state index contributed by atoms with van der Waals surface area (Å²) in [5.74, 6) is 5.68. The van der Waals surface area contributed by atoms with Gasteiger partial charge in [0.05, 0.1) is 12.1 Å². The molecule has 2 N–H and O–H groups in total. The summed E-state index contributed by atoms with van der Waals surface area (Å²) in [6, 6.07) is 4.65. The van der Waals surface area contributed by atoms with Crippen LogP contribution in [0, 0.1) is 11.8 Å². The largest absolute Gasteiger partial charge is 0.416 e. The Morgan fingerprint density at radius 3 is 2.13 bits per heavy atom. The average Bonchev–Trinajstić information content (AvgIpc) is 2.46. The number of nitrogens with zero attached hydrogens (tertiary/aromatic N) is 2. The minimum atomic E-state index is -4.35. The monoisotopic (exact) mass is 347 g/mol. The molecule has 1 aromatic rings. The molecule has 0 aliphatic carbocycles. The minimum Gasteiger partial charge on any atom is -0.290 e. The van der Waals surface area contributed by atoms with Gasteiger partial charge in [0, 0.05) is 31.7 Å². The molecule has 5 nitrogen and oxygen atoms in total. The fraction of sp³-hybridized carbons (Fsp3) is 0.429. The number of piperazine rings is 1. The maximum Gasteiger partial charge on any atom is 0.416 e. The van der Waals surface area contributed by atoms with Gasteiger partial charge in [-0.05, 0) is 24.3 Å². The van der Waals surface area contributed by atoms with Gasteiger partial charge in [0.2, 0.25) is 0 Å². The molecule has 1 heterocycles. The molecule has 0 bridgehead atoms. The van der Waals surface area contributed by atoms with E-state index in [1.807, 2.05) is 4.90 Å². The molecule has 1 aliphatic rings. The van der Waals surface area contributed by atoms with Gasteiger partial charge in [-0.2, -0.15) is 25.9 Å². The SMILES string of the molecule is NS(=O)(=O)N1CCN(CC#Cc2ccc(C(F)(F)F)cc2)CC1. The predicted octanol–water partition coefficient (Wildman–Crippen LogP) is 0.878. The summed E-state index contributed by atoms with van der Waals surface area (Å²) in [5.41, 5.74) is -0.205. The van der Waals surface area contributed by atoms with Crippen LogP contribution in [-0.4, -0.2) is 50.3 Å². The van der Waals surface area contributed by atoms with E-state index in [0.29, 0.717) is 38.3 Å². The topological polar surface area (TPSA) is 66.6 Å². The number of hydrogen-bond acceptors (Lipinski definition) is 3.